The van der Waals surface area contributed by atoms with Crippen molar-refractivity contribution in [2.45, 2.75) is 32.6 Å². The standard InChI is InChI=1S/C17H20N2O2/c1-2-3-4-5-14-8-6-13-7-9-15(12-16(13)18-14)19-10-11-21-17(19)20/h6-9,12H,2-5,10-11H2,1H3. The van der Waals surface area contributed by atoms with Crippen LogP contribution in [0.1, 0.15) is 31.9 Å². The molecular formula is C17H20N2O2. The summed E-state index contributed by atoms with van der Waals surface area (Å²) in [7, 11) is 0. The zero-order valence-corrected chi connectivity index (χ0v) is 12.3. The second-order valence-corrected chi connectivity index (χ2v) is 5.40. The number of fused-ring (bicyclic) bond motifs is 1. The molecule has 1 aromatic heterocycles. The summed E-state index contributed by atoms with van der Waals surface area (Å²) in [6, 6.07) is 10.1. The van der Waals surface area contributed by atoms with E-state index in [1.807, 2.05) is 18.2 Å². The lowest BCUT2D eigenvalue weighted by atomic mass is 10.1. The Hall–Kier alpha value is -2.10. The van der Waals surface area contributed by atoms with Gasteiger partial charge in [-0.25, -0.2) is 4.79 Å². The fourth-order valence-corrected chi connectivity index (χ4v) is 2.64. The van der Waals surface area contributed by atoms with Gasteiger partial charge >= 0.3 is 6.09 Å². The van der Waals surface area contributed by atoms with Crippen molar-refractivity contribution in [3.63, 3.8) is 0 Å². The molecule has 21 heavy (non-hydrogen) atoms. The Balaban J connectivity index is 1.86. The highest BCUT2D eigenvalue weighted by Gasteiger charge is 2.23. The normalized spacial score (nSPS) is 14.7. The van der Waals surface area contributed by atoms with Crippen LogP contribution in [0.15, 0.2) is 30.3 Å². The SMILES string of the molecule is CCCCCc1ccc2ccc(N3CCOC3=O)cc2n1. The smallest absolute Gasteiger partial charge is 0.414 e. The van der Waals surface area contributed by atoms with Crippen molar-refractivity contribution < 1.29 is 9.53 Å². The van der Waals surface area contributed by atoms with Gasteiger partial charge in [0.2, 0.25) is 0 Å². The lowest BCUT2D eigenvalue weighted by Crippen LogP contribution is -2.23. The number of nitrogens with zero attached hydrogens (tertiary/aromatic N) is 2. The van der Waals surface area contributed by atoms with Gasteiger partial charge < -0.3 is 4.74 Å². The van der Waals surface area contributed by atoms with E-state index in [4.69, 9.17) is 9.72 Å². The van der Waals surface area contributed by atoms with Crippen LogP contribution in [0, 0.1) is 0 Å². The second kappa shape index (κ2) is 6.12. The number of carbonyl (C=O) groups is 1. The first-order valence-electron chi connectivity index (χ1n) is 7.62. The Labute approximate surface area is 124 Å². The van der Waals surface area contributed by atoms with E-state index in [2.05, 4.69) is 19.1 Å². The van der Waals surface area contributed by atoms with Crippen LogP contribution in [0.5, 0.6) is 0 Å². The maximum atomic E-state index is 11.6. The molecule has 1 aliphatic rings. The van der Waals surface area contributed by atoms with E-state index < -0.39 is 0 Å². The van der Waals surface area contributed by atoms with Crippen LogP contribution in [0.2, 0.25) is 0 Å². The lowest BCUT2D eigenvalue weighted by Gasteiger charge is -2.13. The number of unbranched alkanes of at least 4 members (excludes halogenated alkanes) is 2. The van der Waals surface area contributed by atoms with E-state index in [1.165, 1.54) is 19.3 Å². The largest absolute Gasteiger partial charge is 0.447 e. The number of aromatic nitrogens is 1. The fourth-order valence-electron chi connectivity index (χ4n) is 2.64. The van der Waals surface area contributed by atoms with Crippen LogP contribution in [-0.2, 0) is 11.2 Å². The van der Waals surface area contributed by atoms with Crippen LogP contribution >= 0.6 is 0 Å². The molecule has 4 heteroatoms. The molecule has 0 N–H and O–H groups in total. The summed E-state index contributed by atoms with van der Waals surface area (Å²) in [5.74, 6) is 0. The van der Waals surface area contributed by atoms with Crippen molar-refractivity contribution in [2.24, 2.45) is 0 Å². The van der Waals surface area contributed by atoms with Gasteiger partial charge in [0, 0.05) is 16.8 Å². The van der Waals surface area contributed by atoms with Gasteiger partial charge in [0.15, 0.2) is 0 Å². The molecular weight excluding hydrogens is 264 g/mol. The number of amides is 1. The first kappa shape index (κ1) is 13.9. The van der Waals surface area contributed by atoms with Gasteiger partial charge in [0.25, 0.3) is 0 Å². The van der Waals surface area contributed by atoms with E-state index in [1.54, 1.807) is 4.90 Å². The van der Waals surface area contributed by atoms with E-state index in [0.29, 0.717) is 13.2 Å². The fraction of sp³-hybridized carbons (Fsp3) is 0.412. The zero-order valence-electron chi connectivity index (χ0n) is 12.3. The van der Waals surface area contributed by atoms with Crippen LogP contribution in [0.25, 0.3) is 10.9 Å². The molecule has 0 bridgehead atoms. The topological polar surface area (TPSA) is 42.4 Å². The van der Waals surface area contributed by atoms with Crippen LogP contribution in [0.3, 0.4) is 0 Å². The molecule has 2 heterocycles. The highest BCUT2D eigenvalue weighted by molar-refractivity contribution is 5.92. The molecule has 0 saturated carbocycles. The molecule has 110 valence electrons. The predicted octanol–water partition coefficient (Wildman–Crippen LogP) is 3.92. The molecule has 0 spiro atoms. The Kier molecular flexibility index (Phi) is 4.04. The third-order valence-electron chi connectivity index (χ3n) is 3.84. The molecule has 1 aliphatic heterocycles. The second-order valence-electron chi connectivity index (χ2n) is 5.40. The first-order valence-corrected chi connectivity index (χ1v) is 7.62. The summed E-state index contributed by atoms with van der Waals surface area (Å²) in [5.41, 5.74) is 2.93. The van der Waals surface area contributed by atoms with E-state index in [0.717, 1.165) is 28.7 Å². The summed E-state index contributed by atoms with van der Waals surface area (Å²) in [5, 5.41) is 1.10. The average Bonchev–Trinajstić information content (AvgIpc) is 2.93. The predicted molar refractivity (Wildman–Crippen MR) is 83.7 cm³/mol. The molecule has 0 atom stereocenters. The number of hydrogen-bond acceptors (Lipinski definition) is 3. The van der Waals surface area contributed by atoms with Crippen molar-refractivity contribution in [3.05, 3.63) is 36.0 Å². The van der Waals surface area contributed by atoms with Gasteiger partial charge in [0.1, 0.15) is 6.61 Å². The Morgan fingerprint density at radius 3 is 2.86 bits per heavy atom. The van der Waals surface area contributed by atoms with Gasteiger partial charge in [0.05, 0.1) is 12.1 Å². The number of ether oxygens (including phenoxy) is 1. The number of rotatable bonds is 5. The van der Waals surface area contributed by atoms with Gasteiger partial charge in [-0.3, -0.25) is 9.88 Å². The van der Waals surface area contributed by atoms with Gasteiger partial charge in [-0.05, 0) is 31.0 Å². The van der Waals surface area contributed by atoms with E-state index in [-0.39, 0.29) is 6.09 Å². The monoisotopic (exact) mass is 284 g/mol. The molecule has 0 unspecified atom stereocenters. The van der Waals surface area contributed by atoms with Gasteiger partial charge in [-0.15, -0.1) is 0 Å². The van der Waals surface area contributed by atoms with Crippen molar-refractivity contribution in [3.8, 4) is 0 Å². The Bertz CT molecular complexity index is 654. The van der Waals surface area contributed by atoms with Crippen molar-refractivity contribution in [1.82, 2.24) is 4.98 Å². The molecule has 1 fully saturated rings. The van der Waals surface area contributed by atoms with E-state index in [9.17, 15) is 4.79 Å². The van der Waals surface area contributed by atoms with Crippen molar-refractivity contribution >= 4 is 22.7 Å². The number of pyridine rings is 1. The van der Waals surface area contributed by atoms with Crippen molar-refractivity contribution in [2.75, 3.05) is 18.1 Å². The quantitative estimate of drug-likeness (QED) is 0.781. The van der Waals surface area contributed by atoms with Gasteiger partial charge in [-0.1, -0.05) is 31.9 Å². The molecule has 1 saturated heterocycles. The van der Waals surface area contributed by atoms with Crippen molar-refractivity contribution in [1.29, 1.82) is 0 Å². The number of hydrogen-bond donors (Lipinski definition) is 0. The first-order chi connectivity index (χ1) is 10.3. The summed E-state index contributed by atoms with van der Waals surface area (Å²) < 4.78 is 4.99. The van der Waals surface area contributed by atoms with E-state index >= 15 is 0 Å². The third-order valence-corrected chi connectivity index (χ3v) is 3.84. The number of cyclic esters (lactones) is 1. The van der Waals surface area contributed by atoms with Crippen LogP contribution in [-0.4, -0.2) is 24.2 Å². The summed E-state index contributed by atoms with van der Waals surface area (Å²) in [6.07, 6.45) is 4.37. The molecule has 1 aromatic carbocycles. The average molecular weight is 284 g/mol. The zero-order chi connectivity index (χ0) is 14.7. The number of aryl methyl sites for hydroxylation is 1. The molecule has 0 radical (unpaired) electrons. The number of benzene rings is 1. The minimum absolute atomic E-state index is 0.270. The molecule has 0 aliphatic carbocycles. The number of anilines is 1. The van der Waals surface area contributed by atoms with Crippen LogP contribution in [0.4, 0.5) is 10.5 Å². The molecule has 1 amide bonds. The highest BCUT2D eigenvalue weighted by atomic mass is 16.6. The maximum absolute atomic E-state index is 11.6. The minimum Gasteiger partial charge on any atom is -0.447 e. The van der Waals surface area contributed by atoms with Crippen LogP contribution < -0.4 is 4.90 Å². The Morgan fingerprint density at radius 1 is 1.24 bits per heavy atom. The number of carbonyl (C=O) groups excluding carboxylic acids is 1. The molecule has 4 nitrogen and oxygen atoms in total. The Morgan fingerprint density at radius 2 is 2.10 bits per heavy atom. The third kappa shape index (κ3) is 2.99. The lowest BCUT2D eigenvalue weighted by molar-refractivity contribution is 0.181. The summed E-state index contributed by atoms with van der Waals surface area (Å²) in [6.45, 7) is 3.27. The molecule has 2 aromatic rings. The summed E-state index contributed by atoms with van der Waals surface area (Å²) in [4.78, 5) is 18.0. The van der Waals surface area contributed by atoms with Gasteiger partial charge in [-0.2, -0.15) is 0 Å². The maximum Gasteiger partial charge on any atom is 0.414 e. The summed E-state index contributed by atoms with van der Waals surface area (Å²) >= 11 is 0. The highest BCUT2D eigenvalue weighted by Crippen LogP contribution is 2.24. The molecule has 3 rings (SSSR count). The minimum atomic E-state index is -0.270.